The first kappa shape index (κ1) is 18.0. The number of methoxy groups -OCH3 is 1. The Morgan fingerprint density at radius 2 is 1.79 bits per heavy atom. The second-order valence-corrected chi connectivity index (χ2v) is 7.50. The Hall–Kier alpha value is -2.34. The summed E-state index contributed by atoms with van der Waals surface area (Å²) in [6.45, 7) is 5.72. The van der Waals surface area contributed by atoms with E-state index >= 15 is 0 Å². The van der Waals surface area contributed by atoms with Crippen LogP contribution < -0.4 is 4.72 Å². The van der Waals surface area contributed by atoms with Gasteiger partial charge >= 0.3 is 5.97 Å². The maximum absolute atomic E-state index is 12.7. The van der Waals surface area contributed by atoms with E-state index in [0.29, 0.717) is 11.3 Å². The lowest BCUT2D eigenvalue weighted by Gasteiger charge is -2.15. The van der Waals surface area contributed by atoms with E-state index in [1.165, 1.54) is 19.2 Å². The minimum atomic E-state index is -3.81. The molecule has 0 saturated heterocycles. The van der Waals surface area contributed by atoms with Gasteiger partial charge in [0, 0.05) is 0 Å². The van der Waals surface area contributed by atoms with Crippen molar-refractivity contribution < 1.29 is 17.9 Å². The van der Waals surface area contributed by atoms with Crippen molar-refractivity contribution in [3.63, 3.8) is 0 Å². The molecule has 2 aromatic carbocycles. The van der Waals surface area contributed by atoms with Crippen LogP contribution in [0.1, 0.15) is 41.3 Å². The molecule has 0 amide bonds. The van der Waals surface area contributed by atoms with Crippen molar-refractivity contribution in [1.29, 1.82) is 0 Å². The second kappa shape index (κ2) is 7.05. The number of ether oxygens (including phenoxy) is 1. The largest absolute Gasteiger partial charge is 0.465 e. The van der Waals surface area contributed by atoms with E-state index in [9.17, 15) is 13.2 Å². The lowest BCUT2D eigenvalue weighted by Crippen LogP contribution is -2.16. The molecular weight excluding hydrogens is 326 g/mol. The highest BCUT2D eigenvalue weighted by molar-refractivity contribution is 7.92. The minimum Gasteiger partial charge on any atom is -0.465 e. The van der Waals surface area contributed by atoms with Crippen LogP contribution in [0, 0.1) is 6.92 Å². The van der Waals surface area contributed by atoms with Gasteiger partial charge in [0.15, 0.2) is 0 Å². The molecule has 24 heavy (non-hydrogen) atoms. The molecule has 2 rings (SSSR count). The topological polar surface area (TPSA) is 72.5 Å². The molecule has 0 saturated carbocycles. The van der Waals surface area contributed by atoms with Crippen molar-refractivity contribution in [1.82, 2.24) is 0 Å². The van der Waals surface area contributed by atoms with Gasteiger partial charge in [-0.3, -0.25) is 4.72 Å². The van der Waals surface area contributed by atoms with Crippen LogP contribution in [0.25, 0.3) is 0 Å². The first-order valence-corrected chi connectivity index (χ1v) is 9.05. The second-order valence-electron chi connectivity index (χ2n) is 5.82. The molecule has 0 aliphatic heterocycles. The number of carbonyl (C=O) groups excluding carboxylic acids is 1. The van der Waals surface area contributed by atoms with Crippen LogP contribution in [0.3, 0.4) is 0 Å². The van der Waals surface area contributed by atoms with Crippen LogP contribution in [0.15, 0.2) is 47.4 Å². The predicted octanol–water partition coefficient (Wildman–Crippen LogP) is 3.71. The molecule has 6 heteroatoms. The van der Waals surface area contributed by atoms with Crippen molar-refractivity contribution in [2.45, 2.75) is 31.6 Å². The fourth-order valence-electron chi connectivity index (χ4n) is 2.40. The van der Waals surface area contributed by atoms with Gasteiger partial charge in [-0.25, -0.2) is 13.2 Å². The van der Waals surface area contributed by atoms with Crippen molar-refractivity contribution in [2.75, 3.05) is 11.8 Å². The van der Waals surface area contributed by atoms with E-state index in [-0.39, 0.29) is 16.4 Å². The van der Waals surface area contributed by atoms with E-state index in [4.69, 9.17) is 4.74 Å². The van der Waals surface area contributed by atoms with E-state index in [1.807, 2.05) is 26.0 Å². The molecule has 0 aliphatic rings. The van der Waals surface area contributed by atoms with Crippen LogP contribution in [-0.4, -0.2) is 21.5 Å². The molecule has 0 heterocycles. The van der Waals surface area contributed by atoms with Crippen molar-refractivity contribution >= 4 is 21.7 Å². The molecule has 0 radical (unpaired) electrons. The quantitative estimate of drug-likeness (QED) is 0.837. The molecule has 0 spiro atoms. The van der Waals surface area contributed by atoms with Gasteiger partial charge in [0.05, 0.1) is 23.3 Å². The molecule has 2 aromatic rings. The van der Waals surface area contributed by atoms with E-state index < -0.39 is 16.0 Å². The molecule has 0 aliphatic carbocycles. The molecule has 0 fully saturated rings. The monoisotopic (exact) mass is 347 g/mol. The molecule has 0 unspecified atom stereocenters. The van der Waals surface area contributed by atoms with Gasteiger partial charge in [-0.1, -0.05) is 38.1 Å². The van der Waals surface area contributed by atoms with Gasteiger partial charge in [0.25, 0.3) is 10.0 Å². The number of sulfonamides is 1. The Labute approximate surface area is 142 Å². The van der Waals surface area contributed by atoms with Crippen LogP contribution in [0.2, 0.25) is 0 Å². The third-order valence-electron chi connectivity index (χ3n) is 3.75. The highest BCUT2D eigenvalue weighted by atomic mass is 32.2. The molecule has 1 N–H and O–H groups in total. The Morgan fingerprint density at radius 1 is 1.12 bits per heavy atom. The maximum Gasteiger partial charge on any atom is 0.338 e. The zero-order valence-corrected chi connectivity index (χ0v) is 15.0. The highest BCUT2D eigenvalue weighted by Crippen LogP contribution is 2.26. The van der Waals surface area contributed by atoms with Gasteiger partial charge in [-0.05, 0) is 42.2 Å². The Balaban J connectivity index is 2.44. The first-order valence-electron chi connectivity index (χ1n) is 7.57. The number of benzene rings is 2. The fourth-order valence-corrected chi connectivity index (χ4v) is 3.51. The standard InChI is InChI=1S/C18H21NO4S/c1-12(2)15-7-5-6-8-17(15)19-24(21,22)14-10-9-13(3)16(11-14)18(20)23-4/h5-12,19H,1-4H3. The molecule has 0 aromatic heterocycles. The SMILES string of the molecule is COC(=O)c1cc(S(=O)(=O)Nc2ccccc2C(C)C)ccc1C. The number of hydrogen-bond donors (Lipinski definition) is 1. The summed E-state index contributed by atoms with van der Waals surface area (Å²) in [5, 5.41) is 0. The maximum atomic E-state index is 12.7. The van der Waals surface area contributed by atoms with E-state index in [2.05, 4.69) is 4.72 Å². The number of anilines is 1. The lowest BCUT2D eigenvalue weighted by molar-refractivity contribution is 0.0599. The van der Waals surface area contributed by atoms with Crippen LogP contribution in [-0.2, 0) is 14.8 Å². The summed E-state index contributed by atoms with van der Waals surface area (Å²) in [7, 11) is -2.54. The van der Waals surface area contributed by atoms with Crippen molar-refractivity contribution in [3.8, 4) is 0 Å². The summed E-state index contributed by atoms with van der Waals surface area (Å²) in [5.41, 5.74) is 2.33. The highest BCUT2D eigenvalue weighted by Gasteiger charge is 2.20. The molecule has 5 nitrogen and oxygen atoms in total. The fraction of sp³-hybridized carbons (Fsp3) is 0.278. The van der Waals surface area contributed by atoms with Crippen LogP contribution in [0.5, 0.6) is 0 Å². The summed E-state index contributed by atoms with van der Waals surface area (Å²) in [4.78, 5) is 11.8. The third kappa shape index (κ3) is 3.76. The molecule has 0 bridgehead atoms. The third-order valence-corrected chi connectivity index (χ3v) is 5.11. The number of aryl methyl sites for hydroxylation is 1. The van der Waals surface area contributed by atoms with E-state index in [0.717, 1.165) is 5.56 Å². The summed E-state index contributed by atoms with van der Waals surface area (Å²) < 4.78 is 32.7. The van der Waals surface area contributed by atoms with Crippen molar-refractivity contribution in [2.24, 2.45) is 0 Å². The molecule has 128 valence electrons. The summed E-state index contributed by atoms with van der Waals surface area (Å²) in [6.07, 6.45) is 0. The summed E-state index contributed by atoms with van der Waals surface area (Å²) >= 11 is 0. The van der Waals surface area contributed by atoms with Crippen LogP contribution >= 0.6 is 0 Å². The van der Waals surface area contributed by atoms with Gasteiger partial charge < -0.3 is 4.74 Å². The zero-order chi connectivity index (χ0) is 17.9. The average molecular weight is 347 g/mol. The zero-order valence-electron chi connectivity index (χ0n) is 14.2. The number of carbonyl (C=O) groups is 1. The lowest BCUT2D eigenvalue weighted by atomic mass is 10.0. The number of nitrogens with one attached hydrogen (secondary N) is 1. The molecule has 0 atom stereocenters. The Morgan fingerprint density at radius 3 is 2.42 bits per heavy atom. The van der Waals surface area contributed by atoms with Crippen LogP contribution in [0.4, 0.5) is 5.69 Å². The van der Waals surface area contributed by atoms with Gasteiger partial charge in [-0.2, -0.15) is 0 Å². The first-order chi connectivity index (χ1) is 11.3. The normalized spacial score (nSPS) is 11.4. The van der Waals surface area contributed by atoms with Gasteiger partial charge in [0.2, 0.25) is 0 Å². The Bertz CT molecular complexity index is 857. The molecular formula is C18H21NO4S. The average Bonchev–Trinajstić information content (AvgIpc) is 2.54. The number of para-hydroxylation sites is 1. The van der Waals surface area contributed by atoms with Gasteiger partial charge in [0.1, 0.15) is 0 Å². The van der Waals surface area contributed by atoms with E-state index in [1.54, 1.807) is 25.1 Å². The van der Waals surface area contributed by atoms with Gasteiger partial charge in [-0.15, -0.1) is 0 Å². The smallest absolute Gasteiger partial charge is 0.338 e. The summed E-state index contributed by atoms with van der Waals surface area (Å²) in [6, 6.07) is 11.7. The number of esters is 1. The number of rotatable bonds is 5. The minimum absolute atomic E-state index is 0.0204. The number of hydrogen-bond acceptors (Lipinski definition) is 4. The predicted molar refractivity (Wildman–Crippen MR) is 93.9 cm³/mol. The van der Waals surface area contributed by atoms with Crippen molar-refractivity contribution in [3.05, 3.63) is 59.2 Å². The summed E-state index contributed by atoms with van der Waals surface area (Å²) in [5.74, 6) is -0.389. The Kier molecular flexibility index (Phi) is 5.29.